The van der Waals surface area contributed by atoms with Crippen LogP contribution in [-0.2, 0) is 18.1 Å². The second-order valence-electron chi connectivity index (χ2n) is 6.80. The number of nitrogens with zero attached hydrogens (tertiary/aromatic N) is 3. The number of hydrogen-bond acceptors (Lipinski definition) is 7. The number of ether oxygens (including phenoxy) is 2. The zero-order valence-electron chi connectivity index (χ0n) is 17.5. The summed E-state index contributed by atoms with van der Waals surface area (Å²) in [4.78, 5) is 14.1. The molecule has 0 aliphatic rings. The molecule has 2 heterocycles. The molecule has 0 unspecified atom stereocenters. The summed E-state index contributed by atoms with van der Waals surface area (Å²) in [5, 5.41) is 6.84. The number of benzene rings is 2. The van der Waals surface area contributed by atoms with Crippen molar-refractivity contribution in [2.45, 2.75) is 13.2 Å². The van der Waals surface area contributed by atoms with Gasteiger partial charge in [-0.15, -0.1) is 11.3 Å². The molecule has 2 aromatic heterocycles. The summed E-state index contributed by atoms with van der Waals surface area (Å²) in [7, 11) is 1.64. The average molecular weight is 447 g/mol. The molecule has 2 N–H and O–H groups in total. The van der Waals surface area contributed by atoms with Crippen molar-refractivity contribution in [2.75, 3.05) is 7.11 Å². The predicted octanol–water partition coefficient (Wildman–Crippen LogP) is 4.63. The SMILES string of the molecule is COc1cccc(-c2nc(CO/N=C(/N)c3ccc(OCc4cccnc4)cc3)cs2)c1. The van der Waals surface area contributed by atoms with Gasteiger partial charge in [-0.25, -0.2) is 4.98 Å². The Bertz CT molecular complexity index is 1180. The average Bonchev–Trinajstić information content (AvgIpc) is 3.33. The number of hydrogen-bond donors (Lipinski definition) is 1. The van der Waals surface area contributed by atoms with E-state index >= 15 is 0 Å². The summed E-state index contributed by atoms with van der Waals surface area (Å²) in [5.41, 5.74) is 9.57. The molecule has 32 heavy (non-hydrogen) atoms. The highest BCUT2D eigenvalue weighted by Crippen LogP contribution is 2.27. The Balaban J connectivity index is 1.30. The zero-order chi connectivity index (χ0) is 22.2. The fourth-order valence-corrected chi connectivity index (χ4v) is 3.66. The van der Waals surface area contributed by atoms with Gasteiger partial charge in [0.15, 0.2) is 12.4 Å². The molecule has 7 nitrogen and oxygen atoms in total. The molecule has 0 radical (unpaired) electrons. The molecule has 0 bridgehead atoms. The van der Waals surface area contributed by atoms with Gasteiger partial charge in [0.05, 0.1) is 12.8 Å². The Labute approximate surface area is 190 Å². The van der Waals surface area contributed by atoms with Crippen LogP contribution in [0.25, 0.3) is 10.6 Å². The summed E-state index contributed by atoms with van der Waals surface area (Å²) in [6.07, 6.45) is 3.51. The van der Waals surface area contributed by atoms with Crippen LogP contribution in [0, 0.1) is 0 Å². The molecule has 0 aliphatic heterocycles. The van der Waals surface area contributed by atoms with Crippen LogP contribution >= 0.6 is 11.3 Å². The number of nitrogens with two attached hydrogens (primary N) is 1. The molecule has 162 valence electrons. The Morgan fingerprint density at radius 2 is 1.91 bits per heavy atom. The van der Waals surface area contributed by atoms with Gasteiger partial charge in [0.1, 0.15) is 23.1 Å². The topological polar surface area (TPSA) is 91.9 Å². The van der Waals surface area contributed by atoms with Crippen molar-refractivity contribution >= 4 is 17.2 Å². The van der Waals surface area contributed by atoms with E-state index in [1.165, 1.54) is 11.3 Å². The summed E-state index contributed by atoms with van der Waals surface area (Å²) in [6.45, 7) is 0.679. The number of aromatic nitrogens is 2. The molecule has 2 aromatic carbocycles. The van der Waals surface area contributed by atoms with Gasteiger partial charge in [0.25, 0.3) is 0 Å². The Hall–Kier alpha value is -3.91. The lowest BCUT2D eigenvalue weighted by atomic mass is 10.2. The minimum Gasteiger partial charge on any atom is -0.497 e. The third-order valence-corrected chi connectivity index (χ3v) is 5.46. The minimum absolute atomic E-state index is 0.230. The van der Waals surface area contributed by atoms with Gasteiger partial charge in [-0.3, -0.25) is 4.98 Å². The molecule has 0 saturated heterocycles. The maximum atomic E-state index is 6.05. The van der Waals surface area contributed by atoms with Gasteiger partial charge in [-0.2, -0.15) is 0 Å². The van der Waals surface area contributed by atoms with Crippen LogP contribution in [0.1, 0.15) is 16.8 Å². The van der Waals surface area contributed by atoms with Crippen molar-refractivity contribution < 1.29 is 14.3 Å². The van der Waals surface area contributed by atoms with Crippen molar-refractivity contribution in [3.8, 4) is 22.1 Å². The molecular formula is C24H22N4O3S. The smallest absolute Gasteiger partial charge is 0.170 e. The lowest BCUT2D eigenvalue weighted by Crippen LogP contribution is -2.13. The number of oxime groups is 1. The first kappa shape index (κ1) is 21.3. The van der Waals surface area contributed by atoms with Crippen LogP contribution in [0.5, 0.6) is 11.5 Å². The van der Waals surface area contributed by atoms with E-state index < -0.39 is 0 Å². The summed E-state index contributed by atoms with van der Waals surface area (Å²) in [5.74, 6) is 1.81. The molecule has 0 spiro atoms. The van der Waals surface area contributed by atoms with E-state index in [0.717, 1.165) is 38.9 Å². The van der Waals surface area contributed by atoms with Crippen LogP contribution < -0.4 is 15.2 Å². The van der Waals surface area contributed by atoms with E-state index in [0.29, 0.717) is 6.61 Å². The number of thiazole rings is 1. The number of methoxy groups -OCH3 is 1. The molecule has 4 rings (SSSR count). The highest BCUT2D eigenvalue weighted by molar-refractivity contribution is 7.13. The van der Waals surface area contributed by atoms with Crippen LogP contribution in [0.2, 0.25) is 0 Å². The van der Waals surface area contributed by atoms with Crippen molar-refractivity contribution in [1.29, 1.82) is 0 Å². The molecular weight excluding hydrogens is 424 g/mol. The molecule has 0 amide bonds. The zero-order valence-corrected chi connectivity index (χ0v) is 18.3. The number of rotatable bonds is 9. The fourth-order valence-electron chi connectivity index (χ4n) is 2.85. The summed E-state index contributed by atoms with van der Waals surface area (Å²) < 4.78 is 11.0. The molecule has 4 aromatic rings. The minimum atomic E-state index is 0.230. The van der Waals surface area contributed by atoms with Gasteiger partial charge in [0.2, 0.25) is 0 Å². The quantitative estimate of drug-likeness (QED) is 0.229. The second-order valence-corrected chi connectivity index (χ2v) is 7.66. The molecule has 0 saturated carbocycles. The first-order valence-corrected chi connectivity index (χ1v) is 10.8. The van der Waals surface area contributed by atoms with Crippen LogP contribution in [0.15, 0.2) is 83.6 Å². The van der Waals surface area contributed by atoms with Gasteiger partial charge < -0.3 is 20.0 Å². The Morgan fingerprint density at radius 3 is 2.69 bits per heavy atom. The largest absolute Gasteiger partial charge is 0.497 e. The monoisotopic (exact) mass is 446 g/mol. The standard InChI is InChI=1S/C24H22N4O3S/c1-29-22-6-2-5-19(12-22)24-27-20(16-32-24)15-31-28-23(25)18-7-9-21(10-8-18)30-14-17-4-3-11-26-13-17/h2-13,16H,14-15H2,1H3,(H2,25,28). The van der Waals surface area contributed by atoms with Crippen molar-refractivity contribution in [3.05, 3.63) is 95.3 Å². The predicted molar refractivity (Wildman–Crippen MR) is 125 cm³/mol. The van der Waals surface area contributed by atoms with Gasteiger partial charge in [-0.05, 0) is 42.5 Å². The first-order valence-electron chi connectivity index (χ1n) is 9.87. The van der Waals surface area contributed by atoms with Crippen molar-refractivity contribution in [3.63, 3.8) is 0 Å². The van der Waals surface area contributed by atoms with Crippen molar-refractivity contribution in [2.24, 2.45) is 10.9 Å². The second kappa shape index (κ2) is 10.4. The van der Waals surface area contributed by atoms with Crippen LogP contribution in [0.4, 0.5) is 0 Å². The van der Waals surface area contributed by atoms with Crippen LogP contribution in [-0.4, -0.2) is 22.9 Å². The number of pyridine rings is 1. The first-order chi connectivity index (χ1) is 15.7. The van der Waals surface area contributed by atoms with E-state index in [1.807, 2.05) is 66.0 Å². The van der Waals surface area contributed by atoms with Gasteiger partial charge in [-0.1, -0.05) is 23.4 Å². The Morgan fingerprint density at radius 1 is 1.03 bits per heavy atom. The molecule has 0 atom stereocenters. The maximum Gasteiger partial charge on any atom is 0.170 e. The van der Waals surface area contributed by atoms with E-state index in [9.17, 15) is 0 Å². The van der Waals surface area contributed by atoms with Crippen LogP contribution in [0.3, 0.4) is 0 Å². The van der Waals surface area contributed by atoms with E-state index in [1.54, 1.807) is 19.5 Å². The summed E-state index contributed by atoms with van der Waals surface area (Å²) in [6, 6.07) is 19.0. The summed E-state index contributed by atoms with van der Waals surface area (Å²) >= 11 is 1.54. The Kier molecular flexibility index (Phi) is 6.94. The maximum absolute atomic E-state index is 6.05. The molecule has 0 aliphatic carbocycles. The highest BCUT2D eigenvalue weighted by Gasteiger charge is 2.07. The lowest BCUT2D eigenvalue weighted by molar-refractivity contribution is 0.128. The fraction of sp³-hybridized carbons (Fsp3) is 0.125. The van der Waals surface area contributed by atoms with E-state index in [4.69, 9.17) is 20.0 Å². The molecule has 0 fully saturated rings. The number of amidine groups is 1. The van der Waals surface area contributed by atoms with Gasteiger partial charge >= 0.3 is 0 Å². The molecule has 8 heteroatoms. The van der Waals surface area contributed by atoms with E-state index in [-0.39, 0.29) is 12.4 Å². The third-order valence-electron chi connectivity index (χ3n) is 4.52. The van der Waals surface area contributed by atoms with Gasteiger partial charge in [0, 0.05) is 34.5 Å². The lowest BCUT2D eigenvalue weighted by Gasteiger charge is -2.07. The van der Waals surface area contributed by atoms with Crippen molar-refractivity contribution in [1.82, 2.24) is 9.97 Å². The normalized spacial score (nSPS) is 11.2. The third kappa shape index (κ3) is 5.61. The van der Waals surface area contributed by atoms with E-state index in [2.05, 4.69) is 15.1 Å². The highest BCUT2D eigenvalue weighted by atomic mass is 32.1.